The SMILES string of the molecule is CC1CCN(CCOc2ccc(Cl)cc2Cl)C(CN)C1. The van der Waals surface area contributed by atoms with Crippen LogP contribution in [0.2, 0.25) is 10.0 Å². The predicted octanol–water partition coefficient (Wildman–Crippen LogP) is 3.43. The van der Waals surface area contributed by atoms with Crippen LogP contribution in [0.15, 0.2) is 18.2 Å². The van der Waals surface area contributed by atoms with Gasteiger partial charge >= 0.3 is 0 Å². The summed E-state index contributed by atoms with van der Waals surface area (Å²) in [7, 11) is 0. The first-order chi connectivity index (χ1) is 9.60. The molecule has 2 N–H and O–H groups in total. The molecule has 1 aliphatic rings. The first-order valence-corrected chi connectivity index (χ1v) is 7.87. The number of ether oxygens (including phenoxy) is 1. The largest absolute Gasteiger partial charge is 0.491 e. The molecule has 2 unspecified atom stereocenters. The fraction of sp³-hybridized carbons (Fsp3) is 0.600. The van der Waals surface area contributed by atoms with Crippen molar-refractivity contribution in [2.24, 2.45) is 11.7 Å². The van der Waals surface area contributed by atoms with Gasteiger partial charge in [0.25, 0.3) is 0 Å². The van der Waals surface area contributed by atoms with Gasteiger partial charge in [0.15, 0.2) is 0 Å². The summed E-state index contributed by atoms with van der Waals surface area (Å²) in [4.78, 5) is 2.42. The Morgan fingerprint density at radius 2 is 2.20 bits per heavy atom. The van der Waals surface area contributed by atoms with E-state index in [0.717, 1.165) is 19.0 Å². The quantitative estimate of drug-likeness (QED) is 0.904. The summed E-state index contributed by atoms with van der Waals surface area (Å²) in [6, 6.07) is 5.77. The second-order valence-electron chi connectivity index (χ2n) is 5.48. The highest BCUT2D eigenvalue weighted by Crippen LogP contribution is 2.27. The van der Waals surface area contributed by atoms with E-state index in [9.17, 15) is 0 Å². The van der Waals surface area contributed by atoms with Gasteiger partial charge in [-0.1, -0.05) is 30.1 Å². The maximum Gasteiger partial charge on any atom is 0.138 e. The van der Waals surface area contributed by atoms with Crippen LogP contribution in [-0.2, 0) is 0 Å². The number of hydrogen-bond acceptors (Lipinski definition) is 3. The summed E-state index contributed by atoms with van der Waals surface area (Å²) >= 11 is 11.9. The molecule has 0 bridgehead atoms. The molecule has 0 amide bonds. The normalized spacial score (nSPS) is 23.8. The number of benzene rings is 1. The van der Waals surface area contributed by atoms with Crippen molar-refractivity contribution in [1.82, 2.24) is 4.90 Å². The van der Waals surface area contributed by atoms with E-state index in [0.29, 0.717) is 35.0 Å². The van der Waals surface area contributed by atoms with Gasteiger partial charge in [0.2, 0.25) is 0 Å². The zero-order valence-electron chi connectivity index (χ0n) is 11.8. The van der Waals surface area contributed by atoms with Gasteiger partial charge in [-0.3, -0.25) is 4.90 Å². The van der Waals surface area contributed by atoms with Crippen molar-refractivity contribution in [1.29, 1.82) is 0 Å². The van der Waals surface area contributed by atoms with Gasteiger partial charge in [-0.05, 0) is 43.5 Å². The molecule has 1 aromatic carbocycles. The molecule has 1 heterocycles. The number of likely N-dealkylation sites (tertiary alicyclic amines) is 1. The molecule has 0 saturated carbocycles. The van der Waals surface area contributed by atoms with E-state index in [2.05, 4.69) is 11.8 Å². The summed E-state index contributed by atoms with van der Waals surface area (Å²) in [5.41, 5.74) is 5.86. The van der Waals surface area contributed by atoms with E-state index in [1.807, 2.05) is 6.07 Å². The molecule has 1 aliphatic heterocycles. The van der Waals surface area contributed by atoms with Crippen LogP contribution in [0, 0.1) is 5.92 Å². The van der Waals surface area contributed by atoms with Gasteiger partial charge in [0.1, 0.15) is 12.4 Å². The highest BCUT2D eigenvalue weighted by molar-refractivity contribution is 6.35. The van der Waals surface area contributed by atoms with E-state index in [1.165, 1.54) is 12.8 Å². The Morgan fingerprint density at radius 3 is 2.90 bits per heavy atom. The number of nitrogens with two attached hydrogens (primary N) is 1. The zero-order valence-corrected chi connectivity index (χ0v) is 13.3. The Bertz CT molecular complexity index is 442. The van der Waals surface area contributed by atoms with Crippen molar-refractivity contribution in [2.45, 2.75) is 25.8 Å². The minimum absolute atomic E-state index is 0.475. The number of halogens is 2. The number of nitrogens with zero attached hydrogens (tertiary/aromatic N) is 1. The van der Waals surface area contributed by atoms with E-state index in [-0.39, 0.29) is 0 Å². The third-order valence-electron chi connectivity index (χ3n) is 3.90. The third kappa shape index (κ3) is 4.26. The molecule has 1 fully saturated rings. The van der Waals surface area contributed by atoms with Crippen LogP contribution in [0.1, 0.15) is 19.8 Å². The van der Waals surface area contributed by atoms with Crippen LogP contribution >= 0.6 is 23.2 Å². The van der Waals surface area contributed by atoms with Crippen molar-refractivity contribution in [3.8, 4) is 5.75 Å². The Morgan fingerprint density at radius 1 is 1.40 bits per heavy atom. The standard InChI is InChI=1S/C15H22Cl2N2O/c1-11-4-5-19(13(8-11)10-18)6-7-20-15-3-2-12(16)9-14(15)17/h2-3,9,11,13H,4-8,10,18H2,1H3. The molecule has 0 spiro atoms. The van der Waals surface area contributed by atoms with Gasteiger partial charge in [-0.2, -0.15) is 0 Å². The van der Waals surface area contributed by atoms with Gasteiger partial charge in [0.05, 0.1) is 5.02 Å². The van der Waals surface area contributed by atoms with Gasteiger partial charge < -0.3 is 10.5 Å². The second kappa shape index (κ2) is 7.51. The smallest absolute Gasteiger partial charge is 0.138 e. The summed E-state index contributed by atoms with van der Waals surface area (Å²) < 4.78 is 5.74. The molecule has 5 heteroatoms. The lowest BCUT2D eigenvalue weighted by Gasteiger charge is -2.37. The molecule has 2 rings (SSSR count). The highest BCUT2D eigenvalue weighted by atomic mass is 35.5. The van der Waals surface area contributed by atoms with Crippen molar-refractivity contribution in [3.05, 3.63) is 28.2 Å². The molecular formula is C15H22Cl2N2O. The molecule has 20 heavy (non-hydrogen) atoms. The minimum atomic E-state index is 0.475. The maximum atomic E-state index is 6.08. The van der Waals surface area contributed by atoms with E-state index in [4.69, 9.17) is 33.7 Å². The van der Waals surface area contributed by atoms with Crippen LogP contribution in [-0.4, -0.2) is 37.2 Å². The topological polar surface area (TPSA) is 38.5 Å². The number of piperidine rings is 1. The number of rotatable bonds is 5. The van der Waals surface area contributed by atoms with Crippen LogP contribution in [0.4, 0.5) is 0 Å². The molecule has 0 radical (unpaired) electrons. The molecule has 3 nitrogen and oxygen atoms in total. The Labute approximate surface area is 131 Å². The average molecular weight is 317 g/mol. The van der Waals surface area contributed by atoms with Crippen molar-refractivity contribution in [3.63, 3.8) is 0 Å². The molecule has 2 atom stereocenters. The summed E-state index contributed by atoms with van der Waals surface area (Å²) in [5, 5.41) is 1.18. The first kappa shape index (κ1) is 15.9. The van der Waals surface area contributed by atoms with Gasteiger partial charge in [-0.25, -0.2) is 0 Å². The predicted molar refractivity (Wildman–Crippen MR) is 84.8 cm³/mol. The van der Waals surface area contributed by atoms with Crippen LogP contribution in [0.5, 0.6) is 5.75 Å². The van der Waals surface area contributed by atoms with Gasteiger partial charge in [0, 0.05) is 24.2 Å². The fourth-order valence-corrected chi connectivity index (χ4v) is 3.17. The average Bonchev–Trinajstić information content (AvgIpc) is 2.42. The summed E-state index contributed by atoms with van der Waals surface area (Å²) in [6.07, 6.45) is 2.41. The van der Waals surface area contributed by atoms with E-state index in [1.54, 1.807) is 12.1 Å². The monoisotopic (exact) mass is 316 g/mol. The molecule has 112 valence electrons. The Kier molecular flexibility index (Phi) is 5.97. The molecule has 0 aliphatic carbocycles. The Balaban J connectivity index is 1.83. The summed E-state index contributed by atoms with van der Waals surface area (Å²) in [6.45, 7) is 5.61. The fourth-order valence-electron chi connectivity index (χ4n) is 2.70. The lowest BCUT2D eigenvalue weighted by Crippen LogP contribution is -2.47. The second-order valence-corrected chi connectivity index (χ2v) is 6.32. The van der Waals surface area contributed by atoms with Crippen LogP contribution in [0.25, 0.3) is 0 Å². The van der Waals surface area contributed by atoms with Crippen molar-refractivity contribution in [2.75, 3.05) is 26.2 Å². The van der Waals surface area contributed by atoms with Crippen molar-refractivity contribution < 1.29 is 4.74 Å². The highest BCUT2D eigenvalue weighted by Gasteiger charge is 2.24. The number of hydrogen-bond donors (Lipinski definition) is 1. The van der Waals surface area contributed by atoms with Crippen molar-refractivity contribution >= 4 is 23.2 Å². The zero-order chi connectivity index (χ0) is 14.5. The lowest BCUT2D eigenvalue weighted by atomic mass is 9.92. The molecule has 0 aromatic heterocycles. The molecule has 1 saturated heterocycles. The summed E-state index contributed by atoms with van der Waals surface area (Å²) in [5.74, 6) is 1.46. The van der Waals surface area contributed by atoms with E-state index >= 15 is 0 Å². The van der Waals surface area contributed by atoms with Crippen LogP contribution < -0.4 is 10.5 Å². The Hall–Kier alpha value is -0.480. The molecular weight excluding hydrogens is 295 g/mol. The maximum absolute atomic E-state index is 6.08. The van der Waals surface area contributed by atoms with Gasteiger partial charge in [-0.15, -0.1) is 0 Å². The molecule has 1 aromatic rings. The first-order valence-electron chi connectivity index (χ1n) is 7.12. The minimum Gasteiger partial charge on any atom is -0.491 e. The van der Waals surface area contributed by atoms with Crippen LogP contribution in [0.3, 0.4) is 0 Å². The van der Waals surface area contributed by atoms with E-state index < -0.39 is 0 Å². The lowest BCUT2D eigenvalue weighted by molar-refractivity contribution is 0.103. The third-order valence-corrected chi connectivity index (χ3v) is 4.43.